The third-order valence-electron chi connectivity index (χ3n) is 4.30. The van der Waals surface area contributed by atoms with E-state index in [1.807, 2.05) is 0 Å². The average Bonchev–Trinajstić information content (AvgIpc) is 2.38. The monoisotopic (exact) mass is 260 g/mol. The highest BCUT2D eigenvalue weighted by molar-refractivity contribution is 5.38. The molecule has 1 aliphatic carbocycles. The first kappa shape index (κ1) is 14.4. The molecule has 1 fully saturated rings. The van der Waals surface area contributed by atoms with Gasteiger partial charge in [0.15, 0.2) is 0 Å². The Hall–Kier alpha value is -0.980. The van der Waals surface area contributed by atoms with Crippen molar-refractivity contribution in [1.82, 2.24) is 0 Å². The summed E-state index contributed by atoms with van der Waals surface area (Å²) in [5.74, 6) is 1.96. The molecule has 0 spiro atoms. The molecule has 1 aliphatic rings. The van der Waals surface area contributed by atoms with Gasteiger partial charge in [0.1, 0.15) is 5.75 Å². The summed E-state index contributed by atoms with van der Waals surface area (Å²) in [6, 6.07) is 8.54. The summed E-state index contributed by atoms with van der Waals surface area (Å²) >= 11 is 0. The van der Waals surface area contributed by atoms with Crippen LogP contribution >= 0.6 is 0 Å². The van der Waals surface area contributed by atoms with Crippen LogP contribution in [0.2, 0.25) is 0 Å². The van der Waals surface area contributed by atoms with Crippen LogP contribution in [-0.2, 0) is 5.41 Å². The molecule has 1 aromatic carbocycles. The van der Waals surface area contributed by atoms with Crippen LogP contribution in [0.15, 0.2) is 24.3 Å². The Morgan fingerprint density at radius 1 is 1.16 bits per heavy atom. The Labute approximate surface area is 118 Å². The van der Waals surface area contributed by atoms with Gasteiger partial charge >= 0.3 is 0 Å². The van der Waals surface area contributed by atoms with Crippen molar-refractivity contribution in [1.29, 1.82) is 0 Å². The Kier molecular flexibility index (Phi) is 4.54. The van der Waals surface area contributed by atoms with Gasteiger partial charge in [0.05, 0.1) is 6.10 Å². The molecule has 1 aromatic rings. The van der Waals surface area contributed by atoms with Crippen molar-refractivity contribution in [2.75, 3.05) is 0 Å². The summed E-state index contributed by atoms with van der Waals surface area (Å²) in [5, 5.41) is 0. The van der Waals surface area contributed by atoms with E-state index in [4.69, 9.17) is 4.74 Å². The first-order chi connectivity index (χ1) is 9.00. The highest BCUT2D eigenvalue weighted by atomic mass is 16.5. The van der Waals surface area contributed by atoms with E-state index >= 15 is 0 Å². The molecule has 0 heterocycles. The maximum absolute atomic E-state index is 6.35. The fourth-order valence-corrected chi connectivity index (χ4v) is 3.09. The smallest absolute Gasteiger partial charge is 0.123 e. The summed E-state index contributed by atoms with van der Waals surface area (Å²) in [6.07, 6.45) is 6.87. The van der Waals surface area contributed by atoms with Crippen LogP contribution < -0.4 is 4.74 Å². The topological polar surface area (TPSA) is 9.23 Å². The van der Waals surface area contributed by atoms with Crippen LogP contribution in [0.4, 0.5) is 0 Å². The normalized spacial score (nSPS) is 24.2. The van der Waals surface area contributed by atoms with Crippen molar-refractivity contribution < 1.29 is 4.74 Å². The van der Waals surface area contributed by atoms with Gasteiger partial charge in [-0.1, -0.05) is 58.7 Å². The van der Waals surface area contributed by atoms with Crippen LogP contribution in [0, 0.1) is 5.92 Å². The molecule has 0 N–H and O–H groups in total. The number of ether oxygens (including phenoxy) is 1. The molecule has 106 valence electrons. The average molecular weight is 260 g/mol. The molecule has 0 aromatic heterocycles. The zero-order valence-corrected chi connectivity index (χ0v) is 12.9. The van der Waals surface area contributed by atoms with E-state index < -0.39 is 0 Å². The van der Waals surface area contributed by atoms with E-state index in [1.165, 1.54) is 37.7 Å². The van der Waals surface area contributed by atoms with Crippen molar-refractivity contribution in [2.45, 2.75) is 71.3 Å². The van der Waals surface area contributed by atoms with Gasteiger partial charge in [-0.05, 0) is 42.2 Å². The van der Waals surface area contributed by atoms with E-state index in [1.54, 1.807) is 0 Å². The lowest BCUT2D eigenvalue weighted by Crippen LogP contribution is -2.26. The zero-order chi connectivity index (χ0) is 13.9. The summed E-state index contributed by atoms with van der Waals surface area (Å²) in [4.78, 5) is 0. The Balaban J connectivity index is 2.11. The number of hydrogen-bond acceptors (Lipinski definition) is 1. The predicted molar refractivity (Wildman–Crippen MR) is 81.8 cm³/mol. The zero-order valence-electron chi connectivity index (χ0n) is 12.9. The van der Waals surface area contributed by atoms with E-state index in [-0.39, 0.29) is 5.41 Å². The van der Waals surface area contributed by atoms with Gasteiger partial charge in [-0.25, -0.2) is 0 Å². The van der Waals surface area contributed by atoms with Gasteiger partial charge in [-0.2, -0.15) is 0 Å². The summed E-state index contributed by atoms with van der Waals surface area (Å²) in [5.41, 5.74) is 1.48. The minimum absolute atomic E-state index is 0.148. The molecule has 0 aliphatic heterocycles. The second-order valence-corrected chi connectivity index (χ2v) is 6.93. The second-order valence-electron chi connectivity index (χ2n) is 6.93. The Bertz CT molecular complexity index is 402. The molecule has 2 rings (SSSR count). The number of rotatable bonds is 3. The summed E-state index contributed by atoms with van der Waals surface area (Å²) in [7, 11) is 0. The van der Waals surface area contributed by atoms with Gasteiger partial charge in [0.2, 0.25) is 0 Å². The van der Waals surface area contributed by atoms with Crippen molar-refractivity contribution in [3.63, 3.8) is 0 Å². The van der Waals surface area contributed by atoms with E-state index in [0.717, 1.165) is 11.7 Å². The second kappa shape index (κ2) is 5.98. The molecule has 0 bridgehead atoms. The third kappa shape index (κ3) is 3.75. The lowest BCUT2D eigenvalue weighted by Gasteiger charge is -2.31. The fraction of sp³-hybridized carbons (Fsp3) is 0.667. The van der Waals surface area contributed by atoms with Crippen LogP contribution in [-0.4, -0.2) is 6.10 Å². The summed E-state index contributed by atoms with van der Waals surface area (Å²) < 4.78 is 6.35. The minimum atomic E-state index is 0.148. The lowest BCUT2D eigenvalue weighted by atomic mass is 9.84. The number of benzene rings is 1. The van der Waals surface area contributed by atoms with Gasteiger partial charge in [0.25, 0.3) is 0 Å². The molecular formula is C18H28O. The molecule has 1 heteroatoms. The van der Waals surface area contributed by atoms with Crippen molar-refractivity contribution >= 4 is 0 Å². The predicted octanol–water partition coefficient (Wildman–Crippen LogP) is 5.33. The van der Waals surface area contributed by atoms with Crippen LogP contribution in [0.3, 0.4) is 0 Å². The molecule has 2 unspecified atom stereocenters. The summed E-state index contributed by atoms with van der Waals surface area (Å²) in [6.45, 7) is 9.07. The highest BCUT2D eigenvalue weighted by Gasteiger charge is 2.24. The molecule has 2 atom stereocenters. The molecule has 1 nitrogen and oxygen atoms in total. The lowest BCUT2D eigenvalue weighted by molar-refractivity contribution is 0.120. The van der Waals surface area contributed by atoms with Crippen molar-refractivity contribution in [2.24, 2.45) is 5.92 Å². The first-order valence-corrected chi connectivity index (χ1v) is 7.77. The molecule has 0 radical (unpaired) electrons. The maximum atomic E-state index is 6.35. The minimum Gasteiger partial charge on any atom is -0.490 e. The highest BCUT2D eigenvalue weighted by Crippen LogP contribution is 2.35. The van der Waals surface area contributed by atoms with E-state index in [2.05, 4.69) is 52.0 Å². The fourth-order valence-electron chi connectivity index (χ4n) is 3.09. The quantitative estimate of drug-likeness (QED) is 0.713. The van der Waals surface area contributed by atoms with Crippen LogP contribution in [0.1, 0.15) is 65.4 Å². The van der Waals surface area contributed by atoms with E-state index in [9.17, 15) is 0 Å². The van der Waals surface area contributed by atoms with Gasteiger partial charge < -0.3 is 4.74 Å². The van der Waals surface area contributed by atoms with Gasteiger partial charge in [0, 0.05) is 0 Å². The standard InChI is InChI=1S/C18H28O/c1-5-14-9-8-10-15(13-14)19-17-12-7-6-11-16(17)18(2,3)4/h6-7,11-12,14-15H,5,8-10,13H2,1-4H3. The van der Waals surface area contributed by atoms with Crippen LogP contribution in [0.25, 0.3) is 0 Å². The van der Waals surface area contributed by atoms with Gasteiger partial charge in [-0.3, -0.25) is 0 Å². The number of para-hydroxylation sites is 1. The Morgan fingerprint density at radius 3 is 2.58 bits per heavy atom. The van der Waals surface area contributed by atoms with Crippen molar-refractivity contribution in [3.8, 4) is 5.75 Å². The van der Waals surface area contributed by atoms with Crippen molar-refractivity contribution in [3.05, 3.63) is 29.8 Å². The molecule has 19 heavy (non-hydrogen) atoms. The Morgan fingerprint density at radius 2 is 1.89 bits per heavy atom. The van der Waals surface area contributed by atoms with Crippen LogP contribution in [0.5, 0.6) is 5.75 Å². The van der Waals surface area contributed by atoms with E-state index in [0.29, 0.717) is 6.10 Å². The largest absolute Gasteiger partial charge is 0.490 e. The first-order valence-electron chi connectivity index (χ1n) is 7.77. The third-order valence-corrected chi connectivity index (χ3v) is 4.30. The molecular weight excluding hydrogens is 232 g/mol. The molecule has 1 saturated carbocycles. The number of hydrogen-bond donors (Lipinski definition) is 0. The maximum Gasteiger partial charge on any atom is 0.123 e. The SMILES string of the molecule is CCC1CCCC(Oc2ccccc2C(C)(C)C)C1. The molecule has 0 amide bonds. The molecule has 0 saturated heterocycles. The van der Waals surface area contributed by atoms with Gasteiger partial charge in [-0.15, -0.1) is 0 Å².